The minimum Gasteiger partial charge on any atom is -0.391 e. The van der Waals surface area contributed by atoms with Crippen LogP contribution in [0.15, 0.2) is 18.3 Å². The number of aliphatic hydroxyl groups is 1. The van der Waals surface area contributed by atoms with E-state index in [1.165, 1.54) is 23.6 Å². The Labute approximate surface area is 157 Å². The number of hydrogen-bond acceptors (Lipinski definition) is 8. The highest BCUT2D eigenvalue weighted by Gasteiger charge is 2.16. The number of thiazole rings is 1. The number of anilines is 2. The molecule has 1 aliphatic rings. The van der Waals surface area contributed by atoms with Gasteiger partial charge in [-0.1, -0.05) is 22.9 Å². The molecule has 0 bridgehead atoms. The van der Waals surface area contributed by atoms with Gasteiger partial charge in [-0.15, -0.1) is 0 Å². The zero-order chi connectivity index (χ0) is 18.7. The Kier molecular flexibility index (Phi) is 5.82. The van der Waals surface area contributed by atoms with Crippen molar-refractivity contribution in [3.63, 3.8) is 0 Å². The van der Waals surface area contributed by atoms with Crippen LogP contribution in [0, 0.1) is 5.82 Å². The van der Waals surface area contributed by atoms with Gasteiger partial charge in [-0.05, 0) is 25.0 Å². The number of halogens is 2. The second-order valence-corrected chi connectivity index (χ2v) is 7.06. The quantitative estimate of drug-likeness (QED) is 0.577. The van der Waals surface area contributed by atoms with Crippen LogP contribution < -0.4 is 11.5 Å². The van der Waals surface area contributed by atoms with Gasteiger partial charge >= 0.3 is 0 Å². The van der Waals surface area contributed by atoms with Crippen LogP contribution in [0.1, 0.15) is 12.8 Å². The van der Waals surface area contributed by atoms with Crippen LogP contribution in [-0.4, -0.2) is 39.4 Å². The van der Waals surface area contributed by atoms with E-state index in [1.54, 1.807) is 6.07 Å². The van der Waals surface area contributed by atoms with Gasteiger partial charge in [0.2, 0.25) is 5.95 Å². The molecule has 2 aromatic heterocycles. The third-order valence-electron chi connectivity index (χ3n) is 3.66. The van der Waals surface area contributed by atoms with Crippen molar-refractivity contribution in [2.45, 2.75) is 18.9 Å². The number of fused-ring (bicyclic) bond motifs is 1. The van der Waals surface area contributed by atoms with Crippen molar-refractivity contribution >= 4 is 44.2 Å². The van der Waals surface area contributed by atoms with Crippen LogP contribution in [-0.2, 0) is 4.74 Å². The first-order valence-electron chi connectivity index (χ1n) is 7.84. The van der Waals surface area contributed by atoms with E-state index >= 15 is 0 Å². The molecule has 26 heavy (non-hydrogen) atoms. The highest BCUT2D eigenvalue weighted by molar-refractivity contribution is 7.22. The molecule has 0 radical (unpaired) electrons. The third-order valence-corrected chi connectivity index (χ3v) is 4.86. The number of nitrogens with two attached hydrogens (primary N) is 2. The fraction of sp³-hybridized carbons (Fsp3) is 0.312. The van der Waals surface area contributed by atoms with E-state index in [9.17, 15) is 4.39 Å². The minimum atomic E-state index is -0.440. The van der Waals surface area contributed by atoms with E-state index in [4.69, 9.17) is 32.9 Å². The average molecular weight is 398 g/mol. The van der Waals surface area contributed by atoms with Gasteiger partial charge < -0.3 is 21.3 Å². The number of hydrogen-bond donors (Lipinski definition) is 3. The molecule has 4 rings (SSSR count). The molecule has 3 aromatic rings. The van der Waals surface area contributed by atoms with Gasteiger partial charge in [-0.3, -0.25) is 0 Å². The first-order chi connectivity index (χ1) is 12.5. The summed E-state index contributed by atoms with van der Waals surface area (Å²) in [7, 11) is 0. The molecule has 10 heteroatoms. The monoisotopic (exact) mass is 397 g/mol. The Bertz CT molecular complexity index is 917. The Hall–Kier alpha value is -2.07. The van der Waals surface area contributed by atoms with Crippen molar-refractivity contribution in [1.29, 1.82) is 0 Å². The first kappa shape index (κ1) is 18.7. The van der Waals surface area contributed by atoms with Gasteiger partial charge in [0.25, 0.3) is 0 Å². The molecule has 0 saturated carbocycles. The van der Waals surface area contributed by atoms with Crippen molar-refractivity contribution in [3.05, 3.63) is 29.2 Å². The smallest absolute Gasteiger partial charge is 0.220 e. The summed E-state index contributed by atoms with van der Waals surface area (Å²) in [6.07, 6.45) is 3.15. The molecule has 0 aliphatic carbocycles. The lowest BCUT2D eigenvalue weighted by Crippen LogP contribution is -2.21. The predicted molar refractivity (Wildman–Crippen MR) is 100 cm³/mol. The summed E-state index contributed by atoms with van der Waals surface area (Å²) in [5, 5.41) is 9.39. The number of nitrogens with zero attached hydrogens (tertiary/aromatic N) is 3. The van der Waals surface area contributed by atoms with Crippen molar-refractivity contribution in [3.8, 4) is 11.3 Å². The van der Waals surface area contributed by atoms with Gasteiger partial charge in [-0.25, -0.2) is 19.3 Å². The molecule has 0 amide bonds. The van der Waals surface area contributed by atoms with Crippen LogP contribution in [0.25, 0.3) is 21.5 Å². The molecule has 138 valence electrons. The molecule has 5 N–H and O–H groups in total. The summed E-state index contributed by atoms with van der Waals surface area (Å²) in [4.78, 5) is 11.8. The highest BCUT2D eigenvalue weighted by Crippen LogP contribution is 2.37. The molecule has 7 nitrogen and oxygen atoms in total. The second kappa shape index (κ2) is 8.09. The summed E-state index contributed by atoms with van der Waals surface area (Å²) in [6.45, 7) is 1.37. The summed E-state index contributed by atoms with van der Waals surface area (Å²) in [6, 6.07) is 2.87. The summed E-state index contributed by atoms with van der Waals surface area (Å²) in [5.41, 5.74) is 12.4. The number of aliphatic hydroxyl groups excluding tert-OH is 1. The summed E-state index contributed by atoms with van der Waals surface area (Å²) < 4.78 is 19.2. The van der Waals surface area contributed by atoms with Crippen LogP contribution in [0.4, 0.5) is 15.5 Å². The van der Waals surface area contributed by atoms with Crippen molar-refractivity contribution < 1.29 is 14.2 Å². The van der Waals surface area contributed by atoms with Gasteiger partial charge in [0, 0.05) is 12.2 Å². The Morgan fingerprint density at radius 1 is 1.31 bits per heavy atom. The molecule has 3 heterocycles. The van der Waals surface area contributed by atoms with E-state index in [0.717, 1.165) is 19.4 Å². The number of ether oxygens (including phenoxy) is 1. The molecule has 1 saturated heterocycles. The Morgan fingerprint density at radius 3 is 2.77 bits per heavy atom. The number of benzene rings is 1. The van der Waals surface area contributed by atoms with Crippen molar-refractivity contribution in [2.75, 3.05) is 24.7 Å². The molecule has 1 unspecified atom stereocenters. The molecule has 1 atom stereocenters. The standard InChI is InChI=1S/C11H7ClFN5S.C5H10O2/c12-5-3-16-10(14)17-7(5)4-1-2-6(13)8-9(4)19-11(15)18-8;6-5-2-1-3-7-4-5/h1-3H,(H2,15,18)(H2,14,16,17);5-6H,1-4H2. The number of nitrogen functional groups attached to an aromatic ring is 2. The third kappa shape index (κ3) is 4.18. The topological polar surface area (TPSA) is 120 Å². The summed E-state index contributed by atoms with van der Waals surface area (Å²) in [5.74, 6) is -0.348. The number of rotatable bonds is 1. The maximum Gasteiger partial charge on any atom is 0.220 e. The fourth-order valence-corrected chi connectivity index (χ4v) is 3.53. The summed E-state index contributed by atoms with van der Waals surface area (Å²) >= 11 is 7.23. The molecule has 1 aromatic carbocycles. The van der Waals surface area contributed by atoms with Gasteiger partial charge in [0.1, 0.15) is 11.3 Å². The van der Waals surface area contributed by atoms with E-state index in [1.807, 2.05) is 0 Å². The van der Waals surface area contributed by atoms with Crippen LogP contribution in [0.2, 0.25) is 5.02 Å². The normalized spacial score (nSPS) is 17.0. The van der Waals surface area contributed by atoms with Gasteiger partial charge in [0.05, 0.1) is 34.3 Å². The van der Waals surface area contributed by atoms with E-state index in [-0.39, 0.29) is 22.7 Å². The Balaban J connectivity index is 0.000000236. The van der Waals surface area contributed by atoms with Gasteiger partial charge in [-0.2, -0.15) is 0 Å². The predicted octanol–water partition coefficient (Wildman–Crippen LogP) is 2.87. The molecule has 1 fully saturated rings. The lowest BCUT2D eigenvalue weighted by atomic mass is 10.1. The SMILES string of the molecule is Nc1ncc(Cl)c(-c2ccc(F)c3nc(N)sc23)n1.OC1CCCOC1. The highest BCUT2D eigenvalue weighted by atomic mass is 35.5. The zero-order valence-corrected chi connectivity index (χ0v) is 15.2. The maximum absolute atomic E-state index is 13.7. The van der Waals surface area contributed by atoms with Crippen LogP contribution >= 0.6 is 22.9 Å². The van der Waals surface area contributed by atoms with Crippen LogP contribution in [0.5, 0.6) is 0 Å². The lowest BCUT2D eigenvalue weighted by molar-refractivity contribution is -0.00535. The van der Waals surface area contributed by atoms with E-state index < -0.39 is 5.82 Å². The first-order valence-corrected chi connectivity index (χ1v) is 9.04. The van der Waals surface area contributed by atoms with Crippen molar-refractivity contribution in [2.24, 2.45) is 0 Å². The molecule has 1 aliphatic heterocycles. The van der Waals surface area contributed by atoms with E-state index in [0.29, 0.717) is 27.6 Å². The number of aromatic nitrogens is 3. The lowest BCUT2D eigenvalue weighted by Gasteiger charge is -2.15. The van der Waals surface area contributed by atoms with Gasteiger partial charge in [0.15, 0.2) is 5.13 Å². The van der Waals surface area contributed by atoms with Crippen molar-refractivity contribution in [1.82, 2.24) is 15.0 Å². The minimum absolute atomic E-state index is 0.0920. The van der Waals surface area contributed by atoms with E-state index in [2.05, 4.69) is 15.0 Å². The molecule has 0 spiro atoms. The fourth-order valence-electron chi connectivity index (χ4n) is 2.47. The molecular weight excluding hydrogens is 381 g/mol. The average Bonchev–Trinajstić information content (AvgIpc) is 3.01. The Morgan fingerprint density at radius 2 is 2.12 bits per heavy atom. The maximum atomic E-state index is 13.7. The molecular formula is C16H17ClFN5O2S. The second-order valence-electron chi connectivity index (χ2n) is 5.62. The van der Waals surface area contributed by atoms with Crippen LogP contribution in [0.3, 0.4) is 0 Å². The zero-order valence-electron chi connectivity index (χ0n) is 13.7. The largest absolute Gasteiger partial charge is 0.391 e.